The topological polar surface area (TPSA) is 105 Å². The van der Waals surface area contributed by atoms with Gasteiger partial charge in [-0.05, 0) is 44.4 Å². The van der Waals surface area contributed by atoms with Gasteiger partial charge in [0, 0.05) is 10.7 Å². The van der Waals surface area contributed by atoms with Crippen molar-refractivity contribution in [2.45, 2.75) is 51.2 Å². The fourth-order valence-electron chi connectivity index (χ4n) is 3.53. The Balaban J connectivity index is 1.57. The number of anilines is 1. The van der Waals surface area contributed by atoms with E-state index in [9.17, 15) is 19.2 Å². The van der Waals surface area contributed by atoms with Crippen LogP contribution in [-0.2, 0) is 19.1 Å². The van der Waals surface area contributed by atoms with Crippen molar-refractivity contribution in [3.05, 3.63) is 28.8 Å². The number of amides is 4. The Kier molecular flexibility index (Phi) is 5.60. The quantitative estimate of drug-likeness (QED) is 0.576. The van der Waals surface area contributed by atoms with E-state index >= 15 is 0 Å². The van der Waals surface area contributed by atoms with Gasteiger partial charge in [0.2, 0.25) is 0 Å². The van der Waals surface area contributed by atoms with Crippen molar-refractivity contribution in [3.8, 4) is 0 Å². The largest absolute Gasteiger partial charge is 0.451 e. The molecule has 1 atom stereocenters. The molecule has 0 aromatic heterocycles. The summed E-state index contributed by atoms with van der Waals surface area (Å²) in [6.45, 7) is 2.64. The molecule has 2 aliphatic rings. The second-order valence-corrected chi connectivity index (χ2v) is 7.55. The molecule has 1 spiro atoms. The van der Waals surface area contributed by atoms with Gasteiger partial charge in [-0.15, -0.1) is 0 Å². The van der Waals surface area contributed by atoms with E-state index in [1.54, 1.807) is 25.1 Å². The number of carbonyl (C=O) groups is 4. The number of rotatable bonds is 5. The Hall–Kier alpha value is -2.61. The lowest BCUT2D eigenvalue weighted by Crippen LogP contribution is -2.44. The number of benzene rings is 1. The van der Waals surface area contributed by atoms with Gasteiger partial charge in [0.25, 0.3) is 11.8 Å². The van der Waals surface area contributed by atoms with Gasteiger partial charge in [-0.25, -0.2) is 4.79 Å². The summed E-state index contributed by atoms with van der Waals surface area (Å²) >= 11 is 6.02. The SMILES string of the molecule is Cc1c(Cl)cccc1NC(=O)[C@H](C)OC(=O)CN1C(=O)NC2(CCCC2)C1=O. The van der Waals surface area contributed by atoms with Gasteiger partial charge < -0.3 is 15.4 Å². The van der Waals surface area contributed by atoms with Gasteiger partial charge in [0.1, 0.15) is 12.1 Å². The molecule has 28 heavy (non-hydrogen) atoms. The van der Waals surface area contributed by atoms with Crippen LogP contribution in [-0.4, -0.2) is 46.9 Å². The number of carbonyl (C=O) groups excluding carboxylic acids is 4. The summed E-state index contributed by atoms with van der Waals surface area (Å²) in [7, 11) is 0. The summed E-state index contributed by atoms with van der Waals surface area (Å²) in [4.78, 5) is 50.0. The highest BCUT2D eigenvalue weighted by Crippen LogP contribution is 2.35. The molecule has 150 valence electrons. The van der Waals surface area contributed by atoms with Gasteiger partial charge >= 0.3 is 12.0 Å². The molecule has 2 fully saturated rings. The second-order valence-electron chi connectivity index (χ2n) is 7.14. The van der Waals surface area contributed by atoms with Gasteiger partial charge in [-0.2, -0.15) is 0 Å². The number of nitrogens with zero attached hydrogens (tertiary/aromatic N) is 1. The first-order valence-corrected chi connectivity index (χ1v) is 9.51. The molecule has 1 saturated carbocycles. The van der Waals surface area contributed by atoms with E-state index in [1.807, 2.05) is 0 Å². The zero-order valence-corrected chi connectivity index (χ0v) is 16.5. The molecule has 3 rings (SSSR count). The molecule has 9 heteroatoms. The lowest BCUT2D eigenvalue weighted by Gasteiger charge is -2.20. The van der Waals surface area contributed by atoms with E-state index < -0.39 is 42.0 Å². The minimum atomic E-state index is -1.10. The monoisotopic (exact) mass is 407 g/mol. The zero-order valence-electron chi connectivity index (χ0n) is 15.7. The molecule has 2 N–H and O–H groups in total. The number of hydrogen-bond acceptors (Lipinski definition) is 5. The van der Waals surface area contributed by atoms with Crippen LogP contribution in [0.25, 0.3) is 0 Å². The molecule has 0 radical (unpaired) electrons. The second kappa shape index (κ2) is 7.79. The minimum absolute atomic E-state index is 0.404. The summed E-state index contributed by atoms with van der Waals surface area (Å²) in [5.41, 5.74) is 0.319. The van der Waals surface area contributed by atoms with Gasteiger partial charge in [0.05, 0.1) is 0 Å². The highest BCUT2D eigenvalue weighted by Gasteiger charge is 2.52. The number of hydrogen-bond donors (Lipinski definition) is 2. The Morgan fingerprint density at radius 3 is 2.68 bits per heavy atom. The summed E-state index contributed by atoms with van der Waals surface area (Å²) < 4.78 is 5.11. The average Bonchev–Trinajstić information content (AvgIpc) is 3.20. The summed E-state index contributed by atoms with van der Waals surface area (Å²) in [5.74, 6) is -1.77. The Bertz CT molecular complexity index is 835. The number of esters is 1. The van der Waals surface area contributed by atoms with Crippen LogP contribution in [0.2, 0.25) is 5.02 Å². The van der Waals surface area contributed by atoms with E-state index in [0.717, 1.165) is 17.7 Å². The minimum Gasteiger partial charge on any atom is -0.451 e. The van der Waals surface area contributed by atoms with Crippen molar-refractivity contribution < 1.29 is 23.9 Å². The fourth-order valence-corrected chi connectivity index (χ4v) is 3.71. The van der Waals surface area contributed by atoms with Crippen molar-refractivity contribution in [1.82, 2.24) is 10.2 Å². The van der Waals surface area contributed by atoms with E-state index in [0.29, 0.717) is 29.1 Å². The molecular formula is C19H22ClN3O5. The third kappa shape index (κ3) is 3.82. The standard InChI is InChI=1S/C19H22ClN3O5/c1-11-13(20)6-5-7-14(11)21-16(25)12(2)28-15(24)10-23-17(26)19(22-18(23)27)8-3-4-9-19/h5-7,12H,3-4,8-10H2,1-2H3,(H,21,25)(H,22,27)/t12-/m0/s1. The van der Waals surface area contributed by atoms with E-state index in [-0.39, 0.29) is 0 Å². The van der Waals surface area contributed by atoms with Crippen LogP contribution in [0.5, 0.6) is 0 Å². The number of imide groups is 1. The van der Waals surface area contributed by atoms with E-state index in [1.165, 1.54) is 6.92 Å². The summed E-state index contributed by atoms with van der Waals surface area (Å²) in [6.07, 6.45) is 1.74. The first kappa shape index (κ1) is 20.1. The van der Waals surface area contributed by atoms with Crippen molar-refractivity contribution in [3.63, 3.8) is 0 Å². The van der Waals surface area contributed by atoms with Gasteiger partial charge in [-0.3, -0.25) is 19.3 Å². The maximum Gasteiger partial charge on any atom is 0.327 e. The van der Waals surface area contributed by atoms with Crippen LogP contribution in [0.3, 0.4) is 0 Å². The van der Waals surface area contributed by atoms with Gasteiger partial charge in [-0.1, -0.05) is 30.5 Å². The number of urea groups is 1. The lowest BCUT2D eigenvalue weighted by molar-refractivity contribution is -0.155. The molecule has 1 aliphatic heterocycles. The molecular weight excluding hydrogens is 386 g/mol. The highest BCUT2D eigenvalue weighted by atomic mass is 35.5. The smallest absolute Gasteiger partial charge is 0.327 e. The zero-order chi connectivity index (χ0) is 20.5. The molecule has 8 nitrogen and oxygen atoms in total. The van der Waals surface area contributed by atoms with E-state index in [2.05, 4.69) is 10.6 Å². The highest BCUT2D eigenvalue weighted by molar-refractivity contribution is 6.31. The van der Waals surface area contributed by atoms with Crippen LogP contribution < -0.4 is 10.6 Å². The van der Waals surface area contributed by atoms with Crippen molar-refractivity contribution in [2.75, 3.05) is 11.9 Å². The molecule has 1 aromatic rings. The molecule has 4 amide bonds. The predicted octanol–water partition coefficient (Wildman–Crippen LogP) is 2.38. The van der Waals surface area contributed by atoms with Crippen LogP contribution in [0, 0.1) is 6.92 Å². The summed E-state index contributed by atoms with van der Waals surface area (Å²) in [5, 5.41) is 5.84. The van der Waals surface area contributed by atoms with Crippen LogP contribution in [0.4, 0.5) is 10.5 Å². The molecule has 1 heterocycles. The fraction of sp³-hybridized carbons (Fsp3) is 0.474. The Labute approximate surface area is 167 Å². The Morgan fingerprint density at radius 2 is 2.00 bits per heavy atom. The maximum atomic E-state index is 12.5. The number of ether oxygens (including phenoxy) is 1. The Morgan fingerprint density at radius 1 is 1.32 bits per heavy atom. The first-order valence-electron chi connectivity index (χ1n) is 9.13. The molecule has 0 bridgehead atoms. The molecule has 1 aromatic carbocycles. The predicted molar refractivity (Wildman–Crippen MR) is 102 cm³/mol. The van der Waals surface area contributed by atoms with Crippen molar-refractivity contribution in [2.24, 2.45) is 0 Å². The first-order chi connectivity index (χ1) is 13.2. The number of halogens is 1. The third-order valence-corrected chi connectivity index (χ3v) is 5.60. The third-order valence-electron chi connectivity index (χ3n) is 5.19. The lowest BCUT2D eigenvalue weighted by atomic mass is 9.98. The van der Waals surface area contributed by atoms with Gasteiger partial charge in [0.15, 0.2) is 6.10 Å². The average molecular weight is 408 g/mol. The van der Waals surface area contributed by atoms with Crippen molar-refractivity contribution >= 4 is 41.1 Å². The van der Waals surface area contributed by atoms with Crippen LogP contribution in [0.1, 0.15) is 38.2 Å². The van der Waals surface area contributed by atoms with Crippen LogP contribution >= 0.6 is 11.6 Å². The van der Waals surface area contributed by atoms with Crippen LogP contribution in [0.15, 0.2) is 18.2 Å². The number of nitrogens with one attached hydrogen (secondary N) is 2. The molecule has 1 saturated heterocycles. The maximum absolute atomic E-state index is 12.5. The van der Waals surface area contributed by atoms with E-state index in [4.69, 9.17) is 16.3 Å². The van der Waals surface area contributed by atoms with Crippen molar-refractivity contribution in [1.29, 1.82) is 0 Å². The molecule has 1 aliphatic carbocycles. The summed E-state index contributed by atoms with van der Waals surface area (Å²) in [6, 6.07) is 4.47. The normalized spacial score (nSPS) is 18.9. The molecule has 0 unspecified atom stereocenters.